The number of piperazine rings is 1. The van der Waals surface area contributed by atoms with Crippen molar-refractivity contribution in [1.29, 1.82) is 0 Å². The Morgan fingerprint density at radius 1 is 1.17 bits per heavy atom. The summed E-state index contributed by atoms with van der Waals surface area (Å²) in [6, 6.07) is 7.70. The van der Waals surface area contributed by atoms with Crippen LogP contribution in [0.25, 0.3) is 0 Å². The number of ketones is 1. The van der Waals surface area contributed by atoms with Crippen LogP contribution in [0.2, 0.25) is 0 Å². The number of hydrogen-bond donors (Lipinski definition) is 2. The Morgan fingerprint density at radius 3 is 2.39 bits per heavy atom. The highest BCUT2D eigenvalue weighted by atomic mass is 79.9. The van der Waals surface area contributed by atoms with Gasteiger partial charge in [-0.3, -0.25) is 4.79 Å². The van der Waals surface area contributed by atoms with E-state index in [9.17, 15) is 4.79 Å². The second-order valence-electron chi connectivity index (χ2n) is 4.93. The summed E-state index contributed by atoms with van der Waals surface area (Å²) in [5.74, 6) is 0.248. The third kappa shape index (κ3) is 3.40. The summed E-state index contributed by atoms with van der Waals surface area (Å²) >= 11 is 3.45. The van der Waals surface area contributed by atoms with Crippen molar-refractivity contribution in [3.8, 4) is 0 Å². The summed E-state index contributed by atoms with van der Waals surface area (Å²) in [4.78, 5) is 15.3. The first-order chi connectivity index (χ1) is 8.70. The zero-order valence-electron chi connectivity index (χ0n) is 10.8. The fourth-order valence-electron chi connectivity index (χ4n) is 2.50. The molecule has 0 amide bonds. The molecule has 4 heteroatoms. The number of Topliss-reactive ketones (excluding diaryl/α,β-unsaturated/α-hetero) is 1. The van der Waals surface area contributed by atoms with E-state index in [1.165, 1.54) is 24.5 Å². The molecule has 1 saturated heterocycles. The maximum Gasteiger partial charge on any atom is 0.217 e. The van der Waals surface area contributed by atoms with Gasteiger partial charge < -0.3 is 9.80 Å². The van der Waals surface area contributed by atoms with E-state index >= 15 is 0 Å². The van der Waals surface area contributed by atoms with Gasteiger partial charge in [-0.05, 0) is 13.0 Å². The molecule has 0 saturated carbocycles. The van der Waals surface area contributed by atoms with Crippen molar-refractivity contribution in [1.82, 2.24) is 0 Å². The van der Waals surface area contributed by atoms with Crippen molar-refractivity contribution in [2.45, 2.75) is 6.92 Å². The highest BCUT2D eigenvalue weighted by Crippen LogP contribution is 2.15. The SMILES string of the molecule is CC[NH+]1CC[NH+](CC(=O)c2ccccc2Br)CC1. The molecule has 3 nitrogen and oxygen atoms in total. The molecule has 2 N–H and O–H groups in total. The van der Waals surface area contributed by atoms with E-state index in [-0.39, 0.29) is 5.78 Å². The molecule has 1 aromatic carbocycles. The maximum atomic E-state index is 12.2. The van der Waals surface area contributed by atoms with Crippen LogP contribution in [0.3, 0.4) is 0 Å². The number of nitrogens with one attached hydrogen (secondary N) is 2. The van der Waals surface area contributed by atoms with Gasteiger partial charge in [0.15, 0.2) is 0 Å². The Labute approximate surface area is 117 Å². The molecule has 18 heavy (non-hydrogen) atoms. The first kappa shape index (κ1) is 13.7. The first-order valence-electron chi connectivity index (χ1n) is 6.65. The number of carbonyl (C=O) groups is 1. The van der Waals surface area contributed by atoms with Gasteiger partial charge in [0.1, 0.15) is 32.7 Å². The molecule has 0 unspecified atom stereocenters. The highest BCUT2D eigenvalue weighted by Gasteiger charge is 2.24. The smallest absolute Gasteiger partial charge is 0.217 e. The number of rotatable bonds is 4. The van der Waals surface area contributed by atoms with Gasteiger partial charge in [-0.2, -0.15) is 0 Å². The van der Waals surface area contributed by atoms with Crippen molar-refractivity contribution >= 4 is 21.7 Å². The lowest BCUT2D eigenvalue weighted by Crippen LogP contribution is -3.28. The quantitative estimate of drug-likeness (QED) is 0.716. The summed E-state index contributed by atoms with van der Waals surface area (Å²) in [6.45, 7) is 8.65. The lowest BCUT2D eigenvalue weighted by molar-refractivity contribution is -1.01. The van der Waals surface area contributed by atoms with Crippen LogP contribution in [0.5, 0.6) is 0 Å². The van der Waals surface area contributed by atoms with Gasteiger partial charge in [0, 0.05) is 10.0 Å². The van der Waals surface area contributed by atoms with Crippen LogP contribution >= 0.6 is 15.9 Å². The summed E-state index contributed by atoms with van der Waals surface area (Å²) in [5, 5.41) is 0. The second-order valence-corrected chi connectivity index (χ2v) is 5.79. The van der Waals surface area contributed by atoms with Crippen LogP contribution in [-0.2, 0) is 0 Å². The Morgan fingerprint density at radius 2 is 1.78 bits per heavy atom. The van der Waals surface area contributed by atoms with E-state index in [1.54, 1.807) is 4.90 Å². The summed E-state index contributed by atoms with van der Waals surface area (Å²) in [7, 11) is 0. The van der Waals surface area contributed by atoms with E-state index in [0.29, 0.717) is 6.54 Å². The number of likely N-dealkylation sites (N-methyl/N-ethyl adjacent to an activating group) is 1. The van der Waals surface area contributed by atoms with Crippen LogP contribution in [0, 0.1) is 0 Å². The molecule has 2 rings (SSSR count). The number of carbonyl (C=O) groups excluding carboxylic acids is 1. The van der Waals surface area contributed by atoms with Gasteiger partial charge in [0.2, 0.25) is 5.78 Å². The number of halogens is 1. The predicted octanol–water partition coefficient (Wildman–Crippen LogP) is -0.565. The molecular formula is C14H21BrN2O+2. The van der Waals surface area contributed by atoms with Crippen LogP contribution in [0.15, 0.2) is 28.7 Å². The van der Waals surface area contributed by atoms with Gasteiger partial charge in [-0.25, -0.2) is 0 Å². The molecule has 0 bridgehead atoms. The normalized spacial score (nSPS) is 23.9. The third-order valence-corrected chi connectivity index (χ3v) is 4.44. The molecule has 1 aliphatic rings. The average molecular weight is 313 g/mol. The monoisotopic (exact) mass is 312 g/mol. The molecule has 0 aliphatic carbocycles. The van der Waals surface area contributed by atoms with Crippen molar-refractivity contribution in [3.05, 3.63) is 34.3 Å². The Balaban J connectivity index is 1.91. The minimum absolute atomic E-state index is 0.248. The van der Waals surface area contributed by atoms with Crippen LogP contribution < -0.4 is 9.80 Å². The van der Waals surface area contributed by atoms with E-state index in [2.05, 4.69) is 22.9 Å². The Kier molecular flexibility index (Phi) is 4.92. The standard InChI is InChI=1S/C14H19BrN2O/c1-2-16-7-9-17(10-8-16)11-14(18)12-5-3-4-6-13(12)15/h3-6H,2,7-11H2,1H3/p+2. The molecule has 0 radical (unpaired) electrons. The van der Waals surface area contributed by atoms with Gasteiger partial charge in [-0.1, -0.05) is 34.1 Å². The van der Waals surface area contributed by atoms with Crippen molar-refractivity contribution < 1.29 is 14.6 Å². The lowest BCUT2D eigenvalue weighted by Gasteiger charge is -2.28. The minimum atomic E-state index is 0.248. The zero-order chi connectivity index (χ0) is 13.0. The van der Waals surface area contributed by atoms with Crippen LogP contribution in [-0.4, -0.2) is 45.1 Å². The fourth-order valence-corrected chi connectivity index (χ4v) is 3.00. The predicted molar refractivity (Wildman–Crippen MR) is 75.3 cm³/mol. The van der Waals surface area contributed by atoms with E-state index < -0.39 is 0 Å². The molecule has 1 heterocycles. The zero-order valence-corrected chi connectivity index (χ0v) is 12.4. The number of benzene rings is 1. The molecule has 1 fully saturated rings. The summed E-state index contributed by atoms with van der Waals surface area (Å²) < 4.78 is 0.909. The first-order valence-corrected chi connectivity index (χ1v) is 7.45. The number of hydrogen-bond acceptors (Lipinski definition) is 1. The van der Waals surface area contributed by atoms with E-state index in [1.807, 2.05) is 24.3 Å². The summed E-state index contributed by atoms with van der Waals surface area (Å²) in [5.41, 5.74) is 0.815. The molecular weight excluding hydrogens is 292 g/mol. The Hall–Kier alpha value is -0.710. The molecule has 98 valence electrons. The molecule has 1 aromatic rings. The van der Waals surface area contributed by atoms with Crippen molar-refractivity contribution in [2.24, 2.45) is 0 Å². The van der Waals surface area contributed by atoms with E-state index in [4.69, 9.17) is 0 Å². The van der Waals surface area contributed by atoms with Gasteiger partial charge in [-0.15, -0.1) is 0 Å². The topological polar surface area (TPSA) is 26.0 Å². The number of quaternary nitrogens is 2. The van der Waals surface area contributed by atoms with Crippen LogP contribution in [0.4, 0.5) is 0 Å². The van der Waals surface area contributed by atoms with Gasteiger partial charge in [0.25, 0.3) is 0 Å². The fraction of sp³-hybridized carbons (Fsp3) is 0.500. The average Bonchev–Trinajstić information content (AvgIpc) is 2.40. The van der Waals surface area contributed by atoms with E-state index in [0.717, 1.165) is 23.1 Å². The Bertz CT molecular complexity index is 414. The second kappa shape index (κ2) is 6.45. The largest absolute Gasteiger partial charge is 0.326 e. The molecule has 0 atom stereocenters. The van der Waals surface area contributed by atoms with Gasteiger partial charge >= 0.3 is 0 Å². The van der Waals surface area contributed by atoms with Gasteiger partial charge in [0.05, 0.1) is 6.54 Å². The van der Waals surface area contributed by atoms with Crippen molar-refractivity contribution in [3.63, 3.8) is 0 Å². The molecule has 1 aliphatic heterocycles. The lowest BCUT2D eigenvalue weighted by atomic mass is 10.1. The molecule has 0 spiro atoms. The highest BCUT2D eigenvalue weighted by molar-refractivity contribution is 9.10. The molecule has 0 aromatic heterocycles. The maximum absolute atomic E-state index is 12.2. The van der Waals surface area contributed by atoms with Crippen LogP contribution in [0.1, 0.15) is 17.3 Å². The summed E-state index contributed by atoms with van der Waals surface area (Å²) in [6.07, 6.45) is 0. The third-order valence-electron chi connectivity index (χ3n) is 3.75. The minimum Gasteiger partial charge on any atom is -0.326 e. The van der Waals surface area contributed by atoms with Crippen molar-refractivity contribution in [2.75, 3.05) is 39.3 Å².